The van der Waals surface area contributed by atoms with Crippen LogP contribution in [0.15, 0.2) is 66.7 Å². The molecule has 0 saturated carbocycles. The minimum absolute atomic E-state index is 0.119. The Balaban J connectivity index is 1.64. The van der Waals surface area contributed by atoms with Crippen LogP contribution in [0.5, 0.6) is 0 Å². The minimum atomic E-state index is -0.376. The molecular formula is C19H18N2O2S. The summed E-state index contributed by atoms with van der Waals surface area (Å²) in [7, 11) is 0. The Morgan fingerprint density at radius 2 is 1.75 bits per heavy atom. The molecular weight excluding hydrogens is 320 g/mol. The van der Waals surface area contributed by atoms with Crippen molar-refractivity contribution in [2.45, 2.75) is 19.5 Å². The van der Waals surface area contributed by atoms with Crippen LogP contribution in [-0.2, 0) is 6.54 Å². The number of rotatable bonds is 6. The van der Waals surface area contributed by atoms with Crippen molar-refractivity contribution in [2.24, 2.45) is 0 Å². The molecule has 0 amide bonds. The van der Waals surface area contributed by atoms with Crippen LogP contribution in [-0.4, -0.2) is 4.92 Å². The lowest BCUT2D eigenvalue weighted by Gasteiger charge is -2.13. The van der Waals surface area contributed by atoms with E-state index in [2.05, 4.69) is 36.5 Å². The van der Waals surface area contributed by atoms with E-state index in [1.165, 1.54) is 10.4 Å². The van der Waals surface area contributed by atoms with Crippen molar-refractivity contribution in [3.63, 3.8) is 0 Å². The highest BCUT2D eigenvalue weighted by atomic mass is 32.1. The third-order valence-corrected chi connectivity index (χ3v) is 5.04. The molecule has 3 aromatic rings. The Morgan fingerprint density at radius 3 is 2.42 bits per heavy atom. The Morgan fingerprint density at radius 1 is 1.04 bits per heavy atom. The summed E-state index contributed by atoms with van der Waals surface area (Å²) in [6.45, 7) is 2.95. The molecule has 0 unspecified atom stereocenters. The standard InChI is InChI=1S/C19H18N2O2S/c1-14(15-5-3-2-4-6-15)20-13-18-11-12-19(24-18)16-7-9-17(10-8-16)21(22)23/h2-12,14,20H,13H2,1H3/t14-/m0/s1. The third kappa shape index (κ3) is 3.88. The van der Waals surface area contributed by atoms with Crippen molar-refractivity contribution in [3.8, 4) is 10.4 Å². The van der Waals surface area contributed by atoms with Crippen molar-refractivity contribution in [1.29, 1.82) is 0 Å². The summed E-state index contributed by atoms with van der Waals surface area (Å²) in [5.41, 5.74) is 2.39. The summed E-state index contributed by atoms with van der Waals surface area (Å²) in [4.78, 5) is 12.7. The first kappa shape index (κ1) is 16.4. The van der Waals surface area contributed by atoms with E-state index < -0.39 is 0 Å². The van der Waals surface area contributed by atoms with E-state index in [1.807, 2.05) is 18.2 Å². The zero-order valence-corrected chi connectivity index (χ0v) is 14.1. The monoisotopic (exact) mass is 338 g/mol. The Kier molecular flexibility index (Phi) is 5.03. The molecule has 122 valence electrons. The van der Waals surface area contributed by atoms with Crippen LogP contribution < -0.4 is 5.32 Å². The van der Waals surface area contributed by atoms with Gasteiger partial charge in [-0.05, 0) is 42.3 Å². The number of nitro groups is 1. The lowest BCUT2D eigenvalue weighted by molar-refractivity contribution is -0.384. The molecule has 0 aliphatic carbocycles. The average molecular weight is 338 g/mol. The van der Waals surface area contributed by atoms with Crippen LogP contribution >= 0.6 is 11.3 Å². The second-order valence-corrected chi connectivity index (χ2v) is 6.75. The van der Waals surface area contributed by atoms with Gasteiger partial charge in [-0.1, -0.05) is 30.3 Å². The first-order valence-corrected chi connectivity index (χ1v) is 8.57. The van der Waals surface area contributed by atoms with E-state index in [-0.39, 0.29) is 16.7 Å². The summed E-state index contributed by atoms with van der Waals surface area (Å²) < 4.78 is 0. The van der Waals surface area contributed by atoms with Gasteiger partial charge in [0.25, 0.3) is 5.69 Å². The van der Waals surface area contributed by atoms with E-state index in [0.717, 1.165) is 17.0 Å². The summed E-state index contributed by atoms with van der Waals surface area (Å²) >= 11 is 1.71. The molecule has 2 aromatic carbocycles. The van der Waals surface area contributed by atoms with Gasteiger partial charge in [-0.25, -0.2) is 0 Å². The Hall–Kier alpha value is -2.50. The van der Waals surface area contributed by atoms with Gasteiger partial charge in [-0.2, -0.15) is 0 Å². The van der Waals surface area contributed by atoms with Gasteiger partial charge in [0, 0.05) is 34.5 Å². The van der Waals surface area contributed by atoms with Crippen LogP contribution in [0.3, 0.4) is 0 Å². The van der Waals surface area contributed by atoms with Gasteiger partial charge in [0.05, 0.1) is 4.92 Å². The normalized spacial score (nSPS) is 12.0. The smallest absolute Gasteiger partial charge is 0.269 e. The molecule has 24 heavy (non-hydrogen) atoms. The summed E-state index contributed by atoms with van der Waals surface area (Å²) in [5.74, 6) is 0. The van der Waals surface area contributed by atoms with E-state index in [1.54, 1.807) is 35.6 Å². The van der Waals surface area contributed by atoms with Gasteiger partial charge in [0.1, 0.15) is 0 Å². The Bertz CT molecular complexity index is 813. The number of nitrogens with one attached hydrogen (secondary N) is 1. The molecule has 1 heterocycles. The van der Waals surface area contributed by atoms with Crippen LogP contribution in [0.25, 0.3) is 10.4 Å². The number of hydrogen-bond acceptors (Lipinski definition) is 4. The molecule has 0 spiro atoms. The van der Waals surface area contributed by atoms with E-state index in [9.17, 15) is 10.1 Å². The average Bonchev–Trinajstić information content (AvgIpc) is 3.09. The largest absolute Gasteiger partial charge is 0.305 e. The fourth-order valence-corrected chi connectivity index (χ4v) is 3.45. The molecule has 0 radical (unpaired) electrons. The highest BCUT2D eigenvalue weighted by molar-refractivity contribution is 7.15. The van der Waals surface area contributed by atoms with Gasteiger partial charge in [0.2, 0.25) is 0 Å². The molecule has 0 fully saturated rings. The first-order chi connectivity index (χ1) is 11.6. The van der Waals surface area contributed by atoms with Crippen molar-refractivity contribution in [2.75, 3.05) is 0 Å². The molecule has 0 saturated heterocycles. The van der Waals surface area contributed by atoms with Crippen molar-refractivity contribution in [1.82, 2.24) is 5.32 Å². The molecule has 1 aromatic heterocycles. The maximum absolute atomic E-state index is 10.7. The fourth-order valence-electron chi connectivity index (χ4n) is 2.49. The van der Waals surface area contributed by atoms with E-state index in [4.69, 9.17) is 0 Å². The third-order valence-electron chi connectivity index (χ3n) is 3.91. The lowest BCUT2D eigenvalue weighted by Crippen LogP contribution is -2.17. The van der Waals surface area contributed by atoms with Gasteiger partial charge >= 0.3 is 0 Å². The molecule has 0 aliphatic rings. The van der Waals surface area contributed by atoms with Gasteiger partial charge in [-0.15, -0.1) is 11.3 Å². The molecule has 0 bridgehead atoms. The fraction of sp³-hybridized carbons (Fsp3) is 0.158. The van der Waals surface area contributed by atoms with Crippen LogP contribution in [0, 0.1) is 10.1 Å². The number of hydrogen-bond donors (Lipinski definition) is 1. The number of nitro benzene ring substituents is 1. The van der Waals surface area contributed by atoms with Crippen LogP contribution in [0.1, 0.15) is 23.4 Å². The Labute approximate surface area is 144 Å². The zero-order valence-electron chi connectivity index (χ0n) is 13.3. The predicted octanol–water partition coefficient (Wildman–Crippen LogP) is 5.17. The van der Waals surface area contributed by atoms with E-state index in [0.29, 0.717) is 0 Å². The number of non-ortho nitro benzene ring substituents is 1. The highest BCUT2D eigenvalue weighted by Gasteiger charge is 2.08. The number of thiophene rings is 1. The number of nitrogens with zero attached hydrogens (tertiary/aromatic N) is 1. The summed E-state index contributed by atoms with van der Waals surface area (Å²) in [6, 6.07) is 21.5. The van der Waals surface area contributed by atoms with E-state index >= 15 is 0 Å². The van der Waals surface area contributed by atoms with Gasteiger partial charge in [-0.3, -0.25) is 10.1 Å². The molecule has 5 heteroatoms. The molecule has 3 rings (SSSR count). The van der Waals surface area contributed by atoms with Gasteiger partial charge < -0.3 is 5.32 Å². The minimum Gasteiger partial charge on any atom is -0.305 e. The topological polar surface area (TPSA) is 55.2 Å². The van der Waals surface area contributed by atoms with Crippen LogP contribution in [0.4, 0.5) is 5.69 Å². The predicted molar refractivity (Wildman–Crippen MR) is 98.1 cm³/mol. The lowest BCUT2D eigenvalue weighted by atomic mass is 10.1. The highest BCUT2D eigenvalue weighted by Crippen LogP contribution is 2.29. The van der Waals surface area contributed by atoms with Crippen molar-refractivity contribution >= 4 is 17.0 Å². The second kappa shape index (κ2) is 7.38. The van der Waals surface area contributed by atoms with Crippen LogP contribution in [0.2, 0.25) is 0 Å². The maximum Gasteiger partial charge on any atom is 0.269 e. The molecule has 4 nitrogen and oxygen atoms in total. The molecule has 0 aliphatic heterocycles. The summed E-state index contributed by atoms with van der Waals surface area (Å²) in [5, 5.41) is 14.2. The zero-order chi connectivity index (χ0) is 16.9. The first-order valence-electron chi connectivity index (χ1n) is 7.75. The van der Waals surface area contributed by atoms with Crippen molar-refractivity contribution < 1.29 is 4.92 Å². The summed E-state index contributed by atoms with van der Waals surface area (Å²) in [6.07, 6.45) is 0. The maximum atomic E-state index is 10.7. The molecule has 1 atom stereocenters. The van der Waals surface area contributed by atoms with Crippen molar-refractivity contribution in [3.05, 3.63) is 87.3 Å². The SMILES string of the molecule is C[C@H](NCc1ccc(-c2ccc([N+](=O)[O-])cc2)s1)c1ccccc1. The second-order valence-electron chi connectivity index (χ2n) is 5.58. The van der Waals surface area contributed by atoms with Gasteiger partial charge in [0.15, 0.2) is 0 Å². The quantitative estimate of drug-likeness (QED) is 0.498. The number of benzene rings is 2. The molecule has 1 N–H and O–H groups in total.